The number of benzene rings is 3. The fraction of sp³-hybridized carbons (Fsp3) is 0.388. The first-order chi connectivity index (χ1) is 34.0. The fourth-order valence-corrected chi connectivity index (χ4v) is 8.07. The van der Waals surface area contributed by atoms with Crippen LogP contribution >= 0.6 is 0 Å². The van der Waals surface area contributed by atoms with E-state index in [0.29, 0.717) is 40.5 Å². The number of aliphatic hydroxyl groups is 4. The van der Waals surface area contributed by atoms with Crippen LogP contribution in [-0.2, 0) is 54.8 Å². The number of carbonyl (C=O) groups excluding carboxylic acids is 5. The topological polar surface area (TPSA) is 305 Å². The number of fused-ring (bicyclic) bond motifs is 3. The number of imidazole rings is 1. The number of unbranched alkanes of at least 4 members (excludes halogenated alkanes) is 1. The van der Waals surface area contributed by atoms with Crippen molar-refractivity contribution in [2.45, 2.75) is 89.4 Å². The summed E-state index contributed by atoms with van der Waals surface area (Å²) in [5.41, 5.74) is 3.70. The first-order valence-electron chi connectivity index (χ1n) is 23.0. The Labute approximate surface area is 406 Å². The Morgan fingerprint density at radius 2 is 1.56 bits per heavy atom. The summed E-state index contributed by atoms with van der Waals surface area (Å²) < 4.78 is 19.1. The third-order valence-electron chi connectivity index (χ3n) is 11.8. The van der Waals surface area contributed by atoms with Crippen molar-refractivity contribution in [3.63, 3.8) is 0 Å². The molecular weight excluding hydrogens is 925 g/mol. The maximum atomic E-state index is 13.7. The molecule has 7 rings (SSSR count). The molecule has 3 aromatic carbocycles. The predicted octanol–water partition coefficient (Wildman–Crippen LogP) is 2.42. The second-order valence-electron chi connectivity index (χ2n) is 17.4. The number of anilines is 2. The van der Waals surface area contributed by atoms with E-state index in [4.69, 9.17) is 19.2 Å². The molecule has 0 aliphatic carbocycles. The van der Waals surface area contributed by atoms with E-state index in [1.54, 1.807) is 6.07 Å². The molecule has 5 amide bonds. The zero-order chi connectivity index (χ0) is 50.9. The van der Waals surface area contributed by atoms with Gasteiger partial charge in [0.25, 0.3) is 11.8 Å². The summed E-state index contributed by atoms with van der Waals surface area (Å²) in [4.78, 5) is 87.8. The van der Waals surface area contributed by atoms with Crippen LogP contribution in [0.15, 0.2) is 72.8 Å². The van der Waals surface area contributed by atoms with Crippen molar-refractivity contribution in [2.75, 3.05) is 44.4 Å². The van der Waals surface area contributed by atoms with Gasteiger partial charge in [-0.3, -0.25) is 29.4 Å². The van der Waals surface area contributed by atoms with Crippen molar-refractivity contribution in [1.29, 1.82) is 0 Å². The van der Waals surface area contributed by atoms with Crippen LogP contribution in [0.1, 0.15) is 65.5 Å². The van der Waals surface area contributed by atoms with E-state index in [-0.39, 0.29) is 55.4 Å². The number of carboxylic acids is 1. The van der Waals surface area contributed by atoms with Crippen molar-refractivity contribution < 1.29 is 68.5 Å². The van der Waals surface area contributed by atoms with E-state index in [9.17, 15) is 54.3 Å². The molecule has 71 heavy (non-hydrogen) atoms. The summed E-state index contributed by atoms with van der Waals surface area (Å²) >= 11 is 0. The van der Waals surface area contributed by atoms with Crippen LogP contribution in [0, 0.1) is 0 Å². The van der Waals surface area contributed by atoms with Gasteiger partial charge in [-0.2, -0.15) is 0 Å². The van der Waals surface area contributed by atoms with E-state index in [1.165, 1.54) is 30.3 Å². The standard InChI is InChI=1S/C49H56N8O14/c1-4-5-6-36-53-41-42(57(36)24-28-9-7-27(8-10-28)23-55(2)3)31-13-12-30(47(66)67)22-32(31)52-46(41)54-49(68)69-26-29-11-14-34(70-48-45(65)44(64)43(63)35(25-58)71-48)33(21-29)51-38(60)17-19-50-37(59)18-20-56-39(61)15-16-40(56)62/h7-16,21-22,35,43-45,48,58,63-65H,4-6,17-20,23-26H2,1-3H3,(H,50,59)(H,51,60)(H,66,67)(H,52,54,68)/t35-,43-,44+,45+,48+/m1/s1. The van der Waals surface area contributed by atoms with Crippen molar-refractivity contribution in [3.05, 3.63) is 101 Å². The van der Waals surface area contributed by atoms with Crippen LogP contribution in [0.3, 0.4) is 0 Å². The molecule has 5 aromatic rings. The molecular formula is C49H56N8O14. The van der Waals surface area contributed by atoms with Gasteiger partial charge in [0.15, 0.2) is 5.82 Å². The number of aryl methyl sites for hydroxylation is 1. The van der Waals surface area contributed by atoms with Crippen molar-refractivity contribution in [1.82, 2.24) is 29.7 Å². The quantitative estimate of drug-likeness (QED) is 0.0490. The Hall–Kier alpha value is -7.34. The number of carbonyl (C=O) groups is 6. The van der Waals surface area contributed by atoms with E-state index in [0.717, 1.165) is 53.4 Å². The minimum Gasteiger partial charge on any atom is -0.478 e. The van der Waals surface area contributed by atoms with Crippen LogP contribution in [0.5, 0.6) is 5.75 Å². The molecule has 0 unspecified atom stereocenters. The van der Waals surface area contributed by atoms with Crippen molar-refractivity contribution in [2.24, 2.45) is 0 Å². The average Bonchev–Trinajstić information content (AvgIpc) is 3.87. The number of nitrogens with zero attached hydrogens (tertiary/aromatic N) is 5. The summed E-state index contributed by atoms with van der Waals surface area (Å²) in [6.07, 6.45) is -5.05. The minimum absolute atomic E-state index is 0.0124. The van der Waals surface area contributed by atoms with E-state index in [2.05, 4.69) is 61.6 Å². The lowest BCUT2D eigenvalue weighted by molar-refractivity contribution is -0.277. The molecule has 2 aliphatic heterocycles. The Balaban J connectivity index is 1.11. The van der Waals surface area contributed by atoms with E-state index >= 15 is 0 Å². The zero-order valence-electron chi connectivity index (χ0n) is 39.2. The van der Waals surface area contributed by atoms with E-state index in [1.807, 2.05) is 14.1 Å². The number of aliphatic hydroxyl groups excluding tert-OH is 4. The highest BCUT2D eigenvalue weighted by atomic mass is 16.7. The van der Waals surface area contributed by atoms with Gasteiger partial charge in [0.1, 0.15) is 48.1 Å². The molecule has 1 fully saturated rings. The van der Waals surface area contributed by atoms with Gasteiger partial charge < -0.3 is 59.8 Å². The van der Waals surface area contributed by atoms with Gasteiger partial charge in [0, 0.05) is 63.0 Å². The van der Waals surface area contributed by atoms with Gasteiger partial charge in [-0.05, 0) is 67.5 Å². The first-order valence-corrected chi connectivity index (χ1v) is 23.0. The van der Waals surface area contributed by atoms with Crippen LogP contribution < -0.4 is 20.7 Å². The Morgan fingerprint density at radius 3 is 2.25 bits per heavy atom. The van der Waals surface area contributed by atoms with Crippen LogP contribution in [0.25, 0.3) is 21.9 Å². The lowest BCUT2D eigenvalue weighted by atomic mass is 9.99. The van der Waals surface area contributed by atoms with Gasteiger partial charge >= 0.3 is 12.1 Å². The monoisotopic (exact) mass is 980 g/mol. The highest BCUT2D eigenvalue weighted by molar-refractivity contribution is 6.13. The number of rotatable bonds is 21. The largest absolute Gasteiger partial charge is 0.478 e. The summed E-state index contributed by atoms with van der Waals surface area (Å²) in [5, 5.41) is 59.5. The normalized spacial score (nSPS) is 18.9. The lowest BCUT2D eigenvalue weighted by Gasteiger charge is -2.39. The number of aromatic nitrogens is 3. The third-order valence-corrected chi connectivity index (χ3v) is 11.8. The maximum absolute atomic E-state index is 13.7. The molecule has 0 bridgehead atoms. The molecule has 4 heterocycles. The molecule has 22 nitrogen and oxygen atoms in total. The highest BCUT2D eigenvalue weighted by Gasteiger charge is 2.45. The summed E-state index contributed by atoms with van der Waals surface area (Å²) in [6, 6.07) is 17.1. The van der Waals surface area contributed by atoms with Gasteiger partial charge in [0.2, 0.25) is 18.1 Å². The SMILES string of the molecule is CCCCc1nc2c(NC(=O)OCc3ccc(O[C@H]4O[C@H](CO)[C@@H](O)[C@H](O)[C@@H]4O)c(NC(=O)CCNC(=O)CCN4C(=O)C=CC4=O)c3)nc3cc(C(=O)O)ccc3c2n1Cc1ccc(CN(C)C)cc1. The number of hydrogen-bond acceptors (Lipinski definition) is 16. The molecule has 22 heteroatoms. The Morgan fingerprint density at radius 1 is 0.845 bits per heavy atom. The number of imide groups is 1. The molecule has 376 valence electrons. The number of pyridine rings is 1. The fourth-order valence-electron chi connectivity index (χ4n) is 8.07. The Kier molecular flexibility index (Phi) is 16.7. The number of ether oxygens (including phenoxy) is 3. The second-order valence-corrected chi connectivity index (χ2v) is 17.4. The average molecular weight is 981 g/mol. The molecule has 2 aromatic heterocycles. The highest BCUT2D eigenvalue weighted by Crippen LogP contribution is 2.34. The van der Waals surface area contributed by atoms with Crippen LogP contribution in [-0.4, -0.2) is 150 Å². The van der Waals surface area contributed by atoms with Gasteiger partial charge in [-0.1, -0.05) is 43.7 Å². The van der Waals surface area contributed by atoms with Gasteiger partial charge in [-0.15, -0.1) is 0 Å². The van der Waals surface area contributed by atoms with Crippen LogP contribution in [0.4, 0.5) is 16.3 Å². The minimum atomic E-state index is -1.79. The van der Waals surface area contributed by atoms with Crippen molar-refractivity contribution >= 4 is 69.1 Å². The molecule has 0 radical (unpaired) electrons. The summed E-state index contributed by atoms with van der Waals surface area (Å²) in [5.74, 6) is -2.73. The molecule has 8 N–H and O–H groups in total. The maximum Gasteiger partial charge on any atom is 0.413 e. The summed E-state index contributed by atoms with van der Waals surface area (Å²) in [7, 11) is 3.99. The number of aromatic carboxylic acids is 1. The second kappa shape index (κ2) is 23.1. The number of nitrogens with one attached hydrogen (secondary N) is 3. The molecule has 0 spiro atoms. The number of amides is 5. The lowest BCUT2D eigenvalue weighted by Crippen LogP contribution is -2.60. The third kappa shape index (κ3) is 12.5. The number of hydrogen-bond donors (Lipinski definition) is 8. The smallest absolute Gasteiger partial charge is 0.413 e. The predicted molar refractivity (Wildman–Crippen MR) is 255 cm³/mol. The molecule has 2 aliphatic rings. The molecule has 5 atom stereocenters. The van der Waals surface area contributed by atoms with Crippen molar-refractivity contribution in [3.8, 4) is 5.75 Å². The zero-order valence-corrected chi connectivity index (χ0v) is 39.2. The van der Waals surface area contributed by atoms with Gasteiger partial charge in [0.05, 0.1) is 28.9 Å². The number of carboxylic acid groups (broad SMARTS) is 1. The van der Waals surface area contributed by atoms with Gasteiger partial charge in [-0.25, -0.2) is 19.6 Å². The molecule has 0 saturated carbocycles. The summed E-state index contributed by atoms with van der Waals surface area (Å²) in [6.45, 7) is 1.85. The van der Waals surface area contributed by atoms with Crippen LogP contribution in [0.2, 0.25) is 0 Å². The Bertz CT molecular complexity index is 2810. The van der Waals surface area contributed by atoms with E-state index < -0.39 is 73.0 Å². The molecule has 1 saturated heterocycles. The first kappa shape index (κ1) is 51.5.